The van der Waals surface area contributed by atoms with E-state index in [2.05, 4.69) is 5.32 Å². The number of halogens is 3. The van der Waals surface area contributed by atoms with Gasteiger partial charge in [-0.3, -0.25) is 0 Å². The summed E-state index contributed by atoms with van der Waals surface area (Å²) in [4.78, 5) is 0. The zero-order chi connectivity index (χ0) is 11.0. The Balaban J connectivity index is 2.26. The first kappa shape index (κ1) is 11.8. The second kappa shape index (κ2) is 3.70. The van der Waals surface area contributed by atoms with Gasteiger partial charge in [0.2, 0.25) is 0 Å². The molecule has 0 spiro atoms. The molecule has 0 aromatic rings. The van der Waals surface area contributed by atoms with Crippen LogP contribution in [-0.2, 0) is 0 Å². The van der Waals surface area contributed by atoms with Crippen molar-refractivity contribution in [3.05, 3.63) is 0 Å². The van der Waals surface area contributed by atoms with Gasteiger partial charge >= 0.3 is 6.18 Å². The Morgan fingerprint density at radius 3 is 2.29 bits per heavy atom. The number of alkyl halides is 3. The van der Waals surface area contributed by atoms with E-state index in [9.17, 15) is 13.2 Å². The van der Waals surface area contributed by atoms with Gasteiger partial charge in [-0.25, -0.2) is 0 Å². The third-order valence-electron chi connectivity index (χ3n) is 3.08. The van der Waals surface area contributed by atoms with Gasteiger partial charge in [0.05, 0.1) is 0 Å². The van der Waals surface area contributed by atoms with Gasteiger partial charge in [-0.15, -0.1) is 0 Å². The average molecular weight is 211 g/mol. The van der Waals surface area contributed by atoms with Crippen molar-refractivity contribution >= 4 is 0 Å². The minimum Gasteiger partial charge on any atom is -0.382 e. The van der Waals surface area contributed by atoms with Crippen LogP contribution < -0.4 is 5.32 Å². The van der Waals surface area contributed by atoms with E-state index in [4.69, 9.17) is 5.11 Å². The lowest BCUT2D eigenvalue weighted by molar-refractivity contribution is -0.202. The highest BCUT2D eigenvalue weighted by atomic mass is 19.4. The minimum absolute atomic E-state index is 0.0273. The zero-order valence-corrected chi connectivity index (χ0v) is 8.36. The van der Waals surface area contributed by atoms with Crippen molar-refractivity contribution in [2.24, 2.45) is 5.41 Å². The predicted molar refractivity (Wildman–Crippen MR) is 46.9 cm³/mol. The molecule has 0 radical (unpaired) electrons. The number of hydrogen-bond donors (Lipinski definition) is 2. The molecule has 84 valence electrons. The van der Waals surface area contributed by atoms with E-state index in [1.54, 1.807) is 0 Å². The molecule has 0 aromatic carbocycles. The lowest BCUT2D eigenvalue weighted by Crippen LogP contribution is -2.44. The smallest absolute Gasteiger partial charge is 0.382 e. The molecule has 1 fully saturated rings. The summed E-state index contributed by atoms with van der Waals surface area (Å²) in [5, 5.41) is 11.5. The van der Waals surface area contributed by atoms with Crippen molar-refractivity contribution in [3.63, 3.8) is 0 Å². The van der Waals surface area contributed by atoms with Gasteiger partial charge in [0.25, 0.3) is 0 Å². The highest BCUT2D eigenvalue weighted by Gasteiger charge is 2.44. The summed E-state index contributed by atoms with van der Waals surface area (Å²) in [6.45, 7) is 3.47. The van der Waals surface area contributed by atoms with Gasteiger partial charge in [-0.2, -0.15) is 13.2 Å². The molecule has 2 nitrogen and oxygen atoms in total. The largest absolute Gasteiger partial charge is 0.415 e. The van der Waals surface area contributed by atoms with Gasteiger partial charge < -0.3 is 10.4 Å². The molecule has 0 amide bonds. The van der Waals surface area contributed by atoms with E-state index in [1.807, 2.05) is 13.8 Å². The van der Waals surface area contributed by atoms with Gasteiger partial charge in [0.1, 0.15) is 0 Å². The maximum atomic E-state index is 11.9. The molecule has 1 saturated carbocycles. The van der Waals surface area contributed by atoms with Gasteiger partial charge in [-0.05, 0) is 25.2 Å². The second-order valence-corrected chi connectivity index (χ2v) is 4.34. The lowest BCUT2D eigenvalue weighted by Gasteiger charge is -2.23. The first-order valence-electron chi connectivity index (χ1n) is 4.74. The van der Waals surface area contributed by atoms with Crippen LogP contribution in [0.5, 0.6) is 0 Å². The van der Waals surface area contributed by atoms with Crippen molar-refractivity contribution in [3.8, 4) is 0 Å². The summed E-state index contributed by atoms with van der Waals surface area (Å²) >= 11 is 0. The fourth-order valence-corrected chi connectivity index (χ4v) is 1.28. The van der Waals surface area contributed by atoms with Crippen LogP contribution in [0.25, 0.3) is 0 Å². The molecular formula is C9H16F3NO. The second-order valence-electron chi connectivity index (χ2n) is 4.34. The molecule has 1 aliphatic rings. The van der Waals surface area contributed by atoms with E-state index < -0.39 is 18.8 Å². The first-order chi connectivity index (χ1) is 6.26. The molecule has 0 aromatic heterocycles. The number of aliphatic hydroxyl groups excluding tert-OH is 1. The molecule has 0 saturated heterocycles. The van der Waals surface area contributed by atoms with E-state index >= 15 is 0 Å². The number of rotatable bonds is 4. The monoisotopic (exact) mass is 211 g/mol. The summed E-state index contributed by atoms with van der Waals surface area (Å²) < 4.78 is 35.8. The maximum Gasteiger partial charge on any atom is 0.415 e. The highest BCUT2D eigenvalue weighted by Crippen LogP contribution is 2.47. The quantitative estimate of drug-likeness (QED) is 0.741. The summed E-state index contributed by atoms with van der Waals surface area (Å²) in [5.74, 6) is 0. The normalized spacial score (nSPS) is 24.4. The van der Waals surface area contributed by atoms with Crippen LogP contribution in [0.1, 0.15) is 26.7 Å². The van der Waals surface area contributed by atoms with Crippen LogP contribution in [0.2, 0.25) is 0 Å². The Bertz CT molecular complexity index is 189. The predicted octanol–water partition coefficient (Wildman–Crippen LogP) is 1.69. The summed E-state index contributed by atoms with van der Waals surface area (Å²) in [5.41, 5.74) is 0.130. The highest BCUT2D eigenvalue weighted by molar-refractivity contribution is 4.96. The Kier molecular flexibility index (Phi) is 3.11. The third kappa shape index (κ3) is 2.85. The molecule has 0 heterocycles. The van der Waals surface area contributed by atoms with Gasteiger partial charge in [0, 0.05) is 12.6 Å². The standard InChI is InChI=1S/C9H16F3NO/c1-6(8(2)3-4-8)13-5-7(14)9(10,11)12/h6-7,13-14H,3-5H2,1-2H3. The Morgan fingerprint density at radius 1 is 1.43 bits per heavy atom. The molecule has 1 aliphatic carbocycles. The van der Waals surface area contributed by atoms with E-state index in [-0.39, 0.29) is 11.5 Å². The van der Waals surface area contributed by atoms with Crippen LogP contribution in [-0.4, -0.2) is 30.0 Å². The molecule has 2 atom stereocenters. The van der Waals surface area contributed by atoms with Gasteiger partial charge in [0.15, 0.2) is 6.10 Å². The molecule has 2 N–H and O–H groups in total. The number of aliphatic hydroxyl groups is 1. The summed E-state index contributed by atoms with van der Waals surface area (Å²) in [6, 6.07) is 0.0273. The van der Waals surface area contributed by atoms with Crippen molar-refractivity contribution in [2.75, 3.05) is 6.54 Å². The van der Waals surface area contributed by atoms with E-state index in [1.165, 1.54) is 0 Å². The van der Waals surface area contributed by atoms with Crippen molar-refractivity contribution in [1.29, 1.82) is 0 Å². The van der Waals surface area contributed by atoms with Crippen LogP contribution in [0.3, 0.4) is 0 Å². The van der Waals surface area contributed by atoms with Crippen LogP contribution in [0.4, 0.5) is 13.2 Å². The molecule has 14 heavy (non-hydrogen) atoms. The van der Waals surface area contributed by atoms with Crippen LogP contribution in [0, 0.1) is 5.41 Å². The molecule has 2 unspecified atom stereocenters. The molecule has 0 aliphatic heterocycles. The molecule has 0 bridgehead atoms. The Morgan fingerprint density at radius 2 is 1.93 bits per heavy atom. The lowest BCUT2D eigenvalue weighted by atomic mass is 10.0. The molecular weight excluding hydrogens is 195 g/mol. The van der Waals surface area contributed by atoms with Crippen molar-refractivity contribution in [2.45, 2.75) is 45.0 Å². The van der Waals surface area contributed by atoms with Crippen LogP contribution in [0.15, 0.2) is 0 Å². The van der Waals surface area contributed by atoms with Crippen molar-refractivity contribution < 1.29 is 18.3 Å². The topological polar surface area (TPSA) is 32.3 Å². The Hall–Kier alpha value is -0.290. The first-order valence-corrected chi connectivity index (χ1v) is 4.74. The van der Waals surface area contributed by atoms with Crippen molar-refractivity contribution in [1.82, 2.24) is 5.32 Å². The maximum absolute atomic E-state index is 11.9. The Labute approximate surface area is 81.5 Å². The zero-order valence-electron chi connectivity index (χ0n) is 8.36. The average Bonchev–Trinajstić information content (AvgIpc) is 2.78. The fourth-order valence-electron chi connectivity index (χ4n) is 1.28. The SMILES string of the molecule is CC(NCC(O)C(F)(F)F)C1(C)CC1. The van der Waals surface area contributed by atoms with E-state index in [0.717, 1.165) is 12.8 Å². The summed E-state index contributed by atoms with van der Waals surface area (Å²) in [7, 11) is 0. The number of nitrogens with one attached hydrogen (secondary N) is 1. The molecule has 1 rings (SSSR count). The fraction of sp³-hybridized carbons (Fsp3) is 1.00. The summed E-state index contributed by atoms with van der Waals surface area (Å²) in [6.07, 6.45) is -4.68. The number of hydrogen-bond acceptors (Lipinski definition) is 2. The third-order valence-corrected chi connectivity index (χ3v) is 3.08. The molecule has 5 heteroatoms. The minimum atomic E-state index is -4.52. The van der Waals surface area contributed by atoms with Gasteiger partial charge in [-0.1, -0.05) is 6.92 Å². The van der Waals surface area contributed by atoms with E-state index in [0.29, 0.717) is 0 Å². The van der Waals surface area contributed by atoms with Crippen LogP contribution >= 0.6 is 0 Å².